The zero-order valence-corrected chi connectivity index (χ0v) is 13.4. The number of hydrogen-bond acceptors (Lipinski definition) is 6. The number of aryl methyl sites for hydroxylation is 2. The van der Waals surface area contributed by atoms with Gasteiger partial charge in [0.2, 0.25) is 0 Å². The summed E-state index contributed by atoms with van der Waals surface area (Å²) in [6.07, 6.45) is 2.38. The van der Waals surface area contributed by atoms with Crippen LogP contribution in [-0.4, -0.2) is 27.3 Å². The van der Waals surface area contributed by atoms with E-state index >= 15 is 0 Å². The predicted molar refractivity (Wildman–Crippen MR) is 84.4 cm³/mol. The highest BCUT2D eigenvalue weighted by Crippen LogP contribution is 2.26. The number of amides is 1. The molecule has 116 valence electrons. The van der Waals surface area contributed by atoms with Crippen LogP contribution in [-0.2, 0) is 0 Å². The standard InChI is InChI=1S/C14H16N4O3S/c1-4-5-17(13-10(3)15-7-9(2)16-13)14(19)11-6-12(18(20)21)22-8-11/h6-8H,4-5H2,1-3H3. The van der Waals surface area contributed by atoms with Crippen molar-refractivity contribution in [1.29, 1.82) is 0 Å². The molecular weight excluding hydrogens is 304 g/mol. The van der Waals surface area contributed by atoms with Crippen molar-refractivity contribution in [3.05, 3.63) is 44.7 Å². The van der Waals surface area contributed by atoms with E-state index in [0.717, 1.165) is 17.8 Å². The average Bonchev–Trinajstić information content (AvgIpc) is 2.97. The third-order valence-corrected chi connectivity index (χ3v) is 3.89. The summed E-state index contributed by atoms with van der Waals surface area (Å²) in [7, 11) is 0. The number of nitrogens with zero attached hydrogens (tertiary/aromatic N) is 4. The topological polar surface area (TPSA) is 89.2 Å². The lowest BCUT2D eigenvalue weighted by atomic mass is 10.2. The largest absolute Gasteiger partial charge is 0.324 e. The van der Waals surface area contributed by atoms with Crippen molar-refractivity contribution in [2.24, 2.45) is 0 Å². The van der Waals surface area contributed by atoms with Crippen molar-refractivity contribution in [2.45, 2.75) is 27.2 Å². The maximum atomic E-state index is 12.7. The molecule has 0 aliphatic rings. The first-order valence-corrected chi connectivity index (χ1v) is 7.67. The lowest BCUT2D eigenvalue weighted by Gasteiger charge is -2.22. The summed E-state index contributed by atoms with van der Waals surface area (Å²) >= 11 is 0.941. The second-order valence-electron chi connectivity index (χ2n) is 4.81. The smallest absolute Gasteiger partial charge is 0.291 e. The summed E-state index contributed by atoms with van der Waals surface area (Å²) in [4.78, 5) is 33.1. The Hall–Kier alpha value is -2.35. The molecule has 0 aliphatic carbocycles. The minimum atomic E-state index is -0.497. The number of thiophene rings is 1. The van der Waals surface area contributed by atoms with Gasteiger partial charge in [-0.1, -0.05) is 18.3 Å². The number of aromatic nitrogens is 2. The van der Waals surface area contributed by atoms with Gasteiger partial charge in [-0.3, -0.25) is 24.8 Å². The van der Waals surface area contributed by atoms with Gasteiger partial charge in [0.05, 0.1) is 21.9 Å². The number of carbonyl (C=O) groups is 1. The first-order chi connectivity index (χ1) is 10.4. The van der Waals surface area contributed by atoms with Crippen molar-refractivity contribution in [1.82, 2.24) is 9.97 Å². The fraction of sp³-hybridized carbons (Fsp3) is 0.357. The highest BCUT2D eigenvalue weighted by Gasteiger charge is 2.23. The van der Waals surface area contributed by atoms with Crippen LogP contribution in [0.1, 0.15) is 35.1 Å². The molecule has 0 bridgehead atoms. The zero-order valence-electron chi connectivity index (χ0n) is 12.6. The minimum absolute atomic E-state index is 0.0492. The van der Waals surface area contributed by atoms with Crippen LogP contribution in [0.4, 0.5) is 10.8 Å². The second kappa shape index (κ2) is 6.61. The van der Waals surface area contributed by atoms with Crippen molar-refractivity contribution in [2.75, 3.05) is 11.4 Å². The molecule has 0 radical (unpaired) electrons. The molecule has 8 heteroatoms. The van der Waals surface area contributed by atoms with Gasteiger partial charge in [0.25, 0.3) is 5.91 Å². The number of nitro groups is 1. The molecular formula is C14H16N4O3S. The maximum absolute atomic E-state index is 12.7. The number of hydrogen-bond donors (Lipinski definition) is 0. The third-order valence-electron chi connectivity index (χ3n) is 3.01. The Morgan fingerprint density at radius 2 is 2.18 bits per heavy atom. The van der Waals surface area contributed by atoms with Gasteiger partial charge >= 0.3 is 5.00 Å². The molecule has 0 saturated carbocycles. The van der Waals surface area contributed by atoms with E-state index in [1.807, 2.05) is 6.92 Å². The monoisotopic (exact) mass is 320 g/mol. The molecule has 0 aromatic carbocycles. The predicted octanol–water partition coefficient (Wildman–Crippen LogP) is 3.12. The van der Waals surface area contributed by atoms with E-state index in [0.29, 0.717) is 29.3 Å². The molecule has 7 nitrogen and oxygen atoms in total. The van der Waals surface area contributed by atoms with Gasteiger partial charge in [-0.15, -0.1) is 0 Å². The van der Waals surface area contributed by atoms with E-state index in [4.69, 9.17) is 0 Å². The summed E-state index contributed by atoms with van der Waals surface area (Å²) in [5, 5.41) is 12.2. The summed E-state index contributed by atoms with van der Waals surface area (Å²) in [5.41, 5.74) is 1.66. The van der Waals surface area contributed by atoms with Gasteiger partial charge in [0, 0.05) is 24.2 Å². The van der Waals surface area contributed by atoms with E-state index in [1.165, 1.54) is 16.3 Å². The van der Waals surface area contributed by atoms with Gasteiger partial charge < -0.3 is 0 Å². The molecule has 0 saturated heterocycles. The first-order valence-electron chi connectivity index (χ1n) is 6.79. The van der Waals surface area contributed by atoms with Crippen LogP contribution in [0.5, 0.6) is 0 Å². The fourth-order valence-corrected chi connectivity index (χ4v) is 2.69. The summed E-state index contributed by atoms with van der Waals surface area (Å²) in [6.45, 7) is 6.02. The second-order valence-corrected chi connectivity index (χ2v) is 5.70. The molecule has 0 spiro atoms. The van der Waals surface area contributed by atoms with Crippen molar-refractivity contribution in [3.8, 4) is 0 Å². The molecule has 2 heterocycles. The molecule has 0 atom stereocenters. The summed E-state index contributed by atoms with van der Waals surface area (Å²) in [5.74, 6) is 0.204. The molecule has 0 fully saturated rings. The third kappa shape index (κ3) is 3.28. The maximum Gasteiger partial charge on any atom is 0.324 e. The normalized spacial score (nSPS) is 10.5. The lowest BCUT2D eigenvalue weighted by molar-refractivity contribution is -0.380. The fourth-order valence-electron chi connectivity index (χ4n) is 2.00. The van der Waals surface area contributed by atoms with E-state index in [9.17, 15) is 14.9 Å². The molecule has 0 N–H and O–H groups in total. The summed E-state index contributed by atoms with van der Waals surface area (Å²) < 4.78 is 0. The Kier molecular flexibility index (Phi) is 4.81. The molecule has 2 aromatic heterocycles. The Morgan fingerprint density at radius 3 is 2.77 bits per heavy atom. The van der Waals surface area contributed by atoms with Crippen LogP contribution >= 0.6 is 11.3 Å². The molecule has 2 aromatic rings. The van der Waals surface area contributed by atoms with Crippen molar-refractivity contribution in [3.63, 3.8) is 0 Å². The molecule has 22 heavy (non-hydrogen) atoms. The highest BCUT2D eigenvalue weighted by atomic mass is 32.1. The van der Waals surface area contributed by atoms with Crippen LogP contribution < -0.4 is 4.90 Å². The average molecular weight is 320 g/mol. The number of anilines is 1. The van der Waals surface area contributed by atoms with Crippen LogP contribution in [0.3, 0.4) is 0 Å². The van der Waals surface area contributed by atoms with Crippen LogP contribution in [0.2, 0.25) is 0 Å². The lowest BCUT2D eigenvalue weighted by Crippen LogP contribution is -2.33. The quantitative estimate of drug-likeness (QED) is 0.623. The van der Waals surface area contributed by atoms with E-state index < -0.39 is 4.92 Å². The molecule has 0 aliphatic heterocycles. The van der Waals surface area contributed by atoms with E-state index in [-0.39, 0.29) is 10.9 Å². The molecule has 2 rings (SSSR count). The number of carbonyl (C=O) groups excluding carboxylic acids is 1. The number of rotatable bonds is 5. The minimum Gasteiger partial charge on any atom is -0.291 e. The Balaban J connectivity index is 2.39. The van der Waals surface area contributed by atoms with Crippen LogP contribution in [0, 0.1) is 24.0 Å². The van der Waals surface area contributed by atoms with Gasteiger partial charge in [0.15, 0.2) is 5.82 Å². The van der Waals surface area contributed by atoms with E-state index in [2.05, 4.69) is 9.97 Å². The Labute approximate surface area is 131 Å². The Morgan fingerprint density at radius 1 is 1.45 bits per heavy atom. The highest BCUT2D eigenvalue weighted by molar-refractivity contribution is 7.13. The van der Waals surface area contributed by atoms with Crippen molar-refractivity contribution >= 4 is 28.1 Å². The van der Waals surface area contributed by atoms with Crippen LogP contribution in [0.15, 0.2) is 17.6 Å². The van der Waals surface area contributed by atoms with Gasteiger partial charge in [-0.05, 0) is 20.3 Å². The first kappa shape index (κ1) is 16.0. The Bertz CT molecular complexity index is 714. The zero-order chi connectivity index (χ0) is 16.3. The summed E-state index contributed by atoms with van der Waals surface area (Å²) in [6, 6.07) is 1.30. The van der Waals surface area contributed by atoms with Crippen LogP contribution in [0.25, 0.3) is 0 Å². The molecule has 1 amide bonds. The van der Waals surface area contributed by atoms with Gasteiger partial charge in [0.1, 0.15) is 0 Å². The van der Waals surface area contributed by atoms with E-state index in [1.54, 1.807) is 20.0 Å². The van der Waals surface area contributed by atoms with Gasteiger partial charge in [-0.25, -0.2) is 4.98 Å². The van der Waals surface area contributed by atoms with Gasteiger partial charge in [-0.2, -0.15) is 0 Å². The SMILES string of the molecule is CCCN(C(=O)c1csc([N+](=O)[O-])c1)c1nc(C)cnc1C. The molecule has 0 unspecified atom stereocenters. The van der Waals surface area contributed by atoms with Crippen molar-refractivity contribution < 1.29 is 9.72 Å².